The summed E-state index contributed by atoms with van der Waals surface area (Å²) in [4.78, 5) is 15.4. The second kappa shape index (κ2) is 5.50. The van der Waals surface area contributed by atoms with Crippen LogP contribution in [0.3, 0.4) is 0 Å². The van der Waals surface area contributed by atoms with Gasteiger partial charge in [0.2, 0.25) is 0 Å². The molecule has 15 heavy (non-hydrogen) atoms. The molecule has 1 aromatic heterocycles. The highest BCUT2D eigenvalue weighted by Gasteiger charge is 2.01. The summed E-state index contributed by atoms with van der Waals surface area (Å²) >= 11 is 0. The van der Waals surface area contributed by atoms with Crippen molar-refractivity contribution in [1.29, 1.82) is 0 Å². The van der Waals surface area contributed by atoms with Gasteiger partial charge in [-0.2, -0.15) is 0 Å². The van der Waals surface area contributed by atoms with Crippen LogP contribution in [0.15, 0.2) is 17.2 Å². The van der Waals surface area contributed by atoms with Crippen LogP contribution < -0.4 is 10.9 Å². The van der Waals surface area contributed by atoms with Crippen molar-refractivity contribution in [2.75, 3.05) is 11.9 Å². The Kier molecular flexibility index (Phi) is 4.30. The molecular formula is C10H17N3O2. The number of hydrogen-bond acceptors (Lipinski definition) is 4. The van der Waals surface area contributed by atoms with E-state index in [4.69, 9.17) is 5.11 Å². The molecule has 1 atom stereocenters. The van der Waals surface area contributed by atoms with Crippen LogP contribution in [0.1, 0.15) is 19.8 Å². The molecule has 1 rings (SSSR count). The Morgan fingerprint density at radius 1 is 1.67 bits per heavy atom. The second-order valence-corrected chi connectivity index (χ2v) is 3.61. The van der Waals surface area contributed by atoms with Gasteiger partial charge in [-0.05, 0) is 19.8 Å². The summed E-state index contributed by atoms with van der Waals surface area (Å²) in [7, 11) is 1.69. The van der Waals surface area contributed by atoms with Gasteiger partial charge in [-0.1, -0.05) is 0 Å². The molecule has 1 aromatic rings. The van der Waals surface area contributed by atoms with Crippen LogP contribution in [0, 0.1) is 0 Å². The maximum absolute atomic E-state index is 11.5. The summed E-state index contributed by atoms with van der Waals surface area (Å²) in [5, 5.41) is 12.0. The Labute approximate surface area is 88.8 Å². The molecule has 0 fully saturated rings. The van der Waals surface area contributed by atoms with E-state index in [1.165, 1.54) is 4.57 Å². The molecule has 0 spiro atoms. The highest BCUT2D eigenvalue weighted by molar-refractivity contribution is 5.30. The van der Waals surface area contributed by atoms with E-state index in [1.54, 1.807) is 26.4 Å². The smallest absolute Gasteiger partial charge is 0.293 e. The molecule has 0 saturated heterocycles. The number of hydrogen-bond donors (Lipinski definition) is 2. The van der Waals surface area contributed by atoms with Crippen LogP contribution in [0.2, 0.25) is 0 Å². The number of rotatable bonds is 5. The Hall–Kier alpha value is -1.36. The molecule has 0 saturated carbocycles. The van der Waals surface area contributed by atoms with Crippen LogP contribution in [0.5, 0.6) is 0 Å². The van der Waals surface area contributed by atoms with Gasteiger partial charge in [-0.15, -0.1) is 0 Å². The fraction of sp³-hybridized carbons (Fsp3) is 0.600. The normalized spacial score (nSPS) is 12.5. The summed E-state index contributed by atoms with van der Waals surface area (Å²) in [5.41, 5.74) is -0.130. The average Bonchev–Trinajstić information content (AvgIpc) is 2.18. The molecule has 1 heterocycles. The minimum atomic E-state index is -0.293. The molecule has 5 heteroatoms. The van der Waals surface area contributed by atoms with Crippen LogP contribution in [0.4, 0.5) is 5.82 Å². The lowest BCUT2D eigenvalue weighted by Crippen LogP contribution is -2.22. The standard InChI is InChI=1S/C10H17N3O2/c1-8(14)4-3-5-11-9-10(15)13(2)7-6-12-9/h6-8,14H,3-5H2,1-2H3,(H,11,12). The van der Waals surface area contributed by atoms with E-state index in [0.717, 1.165) is 12.8 Å². The summed E-state index contributed by atoms with van der Waals surface area (Å²) in [6, 6.07) is 0. The highest BCUT2D eigenvalue weighted by atomic mass is 16.3. The molecular weight excluding hydrogens is 194 g/mol. The van der Waals surface area contributed by atoms with E-state index < -0.39 is 0 Å². The van der Waals surface area contributed by atoms with Gasteiger partial charge in [0.15, 0.2) is 5.82 Å². The van der Waals surface area contributed by atoms with Crippen molar-refractivity contribution in [3.05, 3.63) is 22.7 Å². The van der Waals surface area contributed by atoms with Crippen molar-refractivity contribution in [3.8, 4) is 0 Å². The first-order valence-electron chi connectivity index (χ1n) is 5.05. The Bertz CT molecular complexity index is 360. The minimum Gasteiger partial charge on any atom is -0.393 e. The van der Waals surface area contributed by atoms with E-state index in [1.807, 2.05) is 0 Å². The number of aromatic nitrogens is 2. The van der Waals surface area contributed by atoms with Gasteiger partial charge in [0, 0.05) is 26.0 Å². The van der Waals surface area contributed by atoms with Crippen LogP contribution in [-0.2, 0) is 7.05 Å². The third-order valence-electron chi connectivity index (χ3n) is 2.11. The third kappa shape index (κ3) is 3.71. The van der Waals surface area contributed by atoms with Crippen molar-refractivity contribution in [2.45, 2.75) is 25.9 Å². The first-order valence-corrected chi connectivity index (χ1v) is 5.05. The fourth-order valence-corrected chi connectivity index (χ4v) is 1.22. The molecule has 0 aliphatic rings. The van der Waals surface area contributed by atoms with Crippen molar-refractivity contribution >= 4 is 5.82 Å². The maximum atomic E-state index is 11.5. The summed E-state index contributed by atoms with van der Waals surface area (Å²) in [6.07, 6.45) is 4.44. The molecule has 2 N–H and O–H groups in total. The number of nitrogens with zero attached hydrogens (tertiary/aromatic N) is 2. The van der Waals surface area contributed by atoms with Gasteiger partial charge in [-0.3, -0.25) is 4.79 Å². The predicted molar refractivity (Wildman–Crippen MR) is 58.9 cm³/mol. The highest BCUT2D eigenvalue weighted by Crippen LogP contribution is 1.97. The number of nitrogens with one attached hydrogen (secondary N) is 1. The minimum absolute atomic E-state index is 0.130. The monoisotopic (exact) mass is 211 g/mol. The molecule has 0 aliphatic carbocycles. The average molecular weight is 211 g/mol. The molecule has 0 bridgehead atoms. The number of anilines is 1. The Morgan fingerprint density at radius 2 is 2.40 bits per heavy atom. The van der Waals surface area contributed by atoms with E-state index in [2.05, 4.69) is 10.3 Å². The molecule has 84 valence electrons. The van der Waals surface area contributed by atoms with E-state index >= 15 is 0 Å². The molecule has 0 amide bonds. The SMILES string of the molecule is CC(O)CCCNc1nccn(C)c1=O. The molecule has 0 aliphatic heterocycles. The lowest BCUT2D eigenvalue weighted by Gasteiger charge is -2.06. The van der Waals surface area contributed by atoms with Crippen LogP contribution >= 0.6 is 0 Å². The van der Waals surface area contributed by atoms with Gasteiger partial charge in [0.05, 0.1) is 6.10 Å². The molecule has 5 nitrogen and oxygen atoms in total. The number of aliphatic hydroxyl groups is 1. The summed E-state index contributed by atoms with van der Waals surface area (Å²) < 4.78 is 1.48. The zero-order valence-corrected chi connectivity index (χ0v) is 9.10. The first kappa shape index (κ1) is 11.7. The van der Waals surface area contributed by atoms with Crippen LogP contribution in [-0.4, -0.2) is 27.3 Å². The molecule has 0 aromatic carbocycles. The molecule has 1 unspecified atom stereocenters. The van der Waals surface area contributed by atoms with Gasteiger partial charge in [0.1, 0.15) is 0 Å². The van der Waals surface area contributed by atoms with Crippen molar-refractivity contribution < 1.29 is 5.11 Å². The molecule has 0 radical (unpaired) electrons. The zero-order chi connectivity index (χ0) is 11.3. The van der Waals surface area contributed by atoms with Crippen molar-refractivity contribution in [3.63, 3.8) is 0 Å². The van der Waals surface area contributed by atoms with Crippen LogP contribution in [0.25, 0.3) is 0 Å². The first-order chi connectivity index (χ1) is 7.11. The van der Waals surface area contributed by atoms with Gasteiger partial charge in [0.25, 0.3) is 5.56 Å². The van der Waals surface area contributed by atoms with Gasteiger partial charge < -0.3 is 15.0 Å². The predicted octanol–water partition coefficient (Wildman–Crippen LogP) is 0.353. The van der Waals surface area contributed by atoms with E-state index in [-0.39, 0.29) is 11.7 Å². The van der Waals surface area contributed by atoms with Crippen molar-refractivity contribution in [2.24, 2.45) is 7.05 Å². The topological polar surface area (TPSA) is 67.2 Å². The Morgan fingerprint density at radius 3 is 3.07 bits per heavy atom. The van der Waals surface area contributed by atoms with E-state index in [0.29, 0.717) is 12.4 Å². The van der Waals surface area contributed by atoms with E-state index in [9.17, 15) is 4.79 Å². The quantitative estimate of drug-likeness (QED) is 0.690. The lowest BCUT2D eigenvalue weighted by molar-refractivity contribution is 0.183. The van der Waals surface area contributed by atoms with Gasteiger partial charge in [-0.25, -0.2) is 4.98 Å². The zero-order valence-electron chi connectivity index (χ0n) is 9.10. The number of aliphatic hydroxyl groups excluding tert-OH is 1. The van der Waals surface area contributed by atoms with Crippen molar-refractivity contribution in [1.82, 2.24) is 9.55 Å². The van der Waals surface area contributed by atoms with Gasteiger partial charge >= 0.3 is 0 Å². The fourth-order valence-electron chi connectivity index (χ4n) is 1.22. The summed E-state index contributed by atoms with van der Waals surface area (Å²) in [5.74, 6) is 0.366. The lowest BCUT2D eigenvalue weighted by atomic mass is 10.2. The largest absolute Gasteiger partial charge is 0.393 e. The second-order valence-electron chi connectivity index (χ2n) is 3.61. The maximum Gasteiger partial charge on any atom is 0.293 e. The number of aryl methyl sites for hydroxylation is 1. The Balaban J connectivity index is 2.44. The third-order valence-corrected chi connectivity index (χ3v) is 2.11. The summed E-state index contributed by atoms with van der Waals surface area (Å²) in [6.45, 7) is 2.40.